The number of nitrogens with two attached hydrogens (primary N) is 1. The van der Waals surface area contributed by atoms with Gasteiger partial charge in [-0.05, 0) is 37.3 Å². The maximum atomic E-state index is 12.4. The van der Waals surface area contributed by atoms with E-state index < -0.39 is 21.9 Å². The van der Waals surface area contributed by atoms with Crippen molar-refractivity contribution in [3.8, 4) is 11.3 Å². The zero-order valence-corrected chi connectivity index (χ0v) is 16.8. The lowest BCUT2D eigenvalue weighted by molar-refractivity contribution is -0.141. The molecule has 2 aromatic carbocycles. The van der Waals surface area contributed by atoms with Crippen molar-refractivity contribution in [2.45, 2.75) is 18.0 Å². The molecule has 0 saturated heterocycles. The van der Waals surface area contributed by atoms with Gasteiger partial charge >= 0.3 is 6.18 Å². The lowest BCUT2D eigenvalue weighted by atomic mass is 10.1. The van der Waals surface area contributed by atoms with Gasteiger partial charge in [0.25, 0.3) is 0 Å². The number of aromatic nitrogens is 2. The number of H-pyrrole nitrogens is 1. The van der Waals surface area contributed by atoms with Gasteiger partial charge in [0.05, 0.1) is 10.6 Å². The van der Waals surface area contributed by atoms with E-state index in [1.165, 1.54) is 12.1 Å². The number of anilines is 1. The molecule has 0 aliphatic heterocycles. The Morgan fingerprint density at radius 1 is 1.00 bits per heavy atom. The number of primary sulfonamides is 1. The van der Waals surface area contributed by atoms with Gasteiger partial charge in [-0.3, -0.25) is 5.10 Å². The number of nitrogens with one attached hydrogen (secondary N) is 1. The van der Waals surface area contributed by atoms with Gasteiger partial charge in [0.1, 0.15) is 5.69 Å². The third kappa shape index (κ3) is 6.33. The van der Waals surface area contributed by atoms with Crippen molar-refractivity contribution in [2.24, 2.45) is 5.14 Å². The zero-order valence-electron chi connectivity index (χ0n) is 16.0. The minimum atomic E-state index is -4.39. The molecule has 0 saturated carbocycles. The van der Waals surface area contributed by atoms with Crippen molar-refractivity contribution < 1.29 is 21.6 Å². The standard InChI is InChI=1S/C12H12F3N3.C7H9NO2S/c1-18(2)9-5-3-8(4-6-9)10-7-11(17-16-10)12(13,14)15;1-6-2-4-7(5-3-6)11(8,9)10/h3-7H,1-2H3,(H,16,17);2-5H,1H3,(H2,8,9,10). The molecule has 0 spiro atoms. The van der Waals surface area contributed by atoms with E-state index in [0.29, 0.717) is 5.56 Å². The predicted molar refractivity (Wildman–Crippen MR) is 106 cm³/mol. The molecule has 0 fully saturated rings. The Hall–Kier alpha value is -2.85. The van der Waals surface area contributed by atoms with Crippen LogP contribution in [0.3, 0.4) is 0 Å². The fraction of sp³-hybridized carbons (Fsp3) is 0.211. The summed E-state index contributed by atoms with van der Waals surface area (Å²) in [5.41, 5.74) is 2.08. The molecule has 3 rings (SSSR count). The molecule has 0 radical (unpaired) electrons. The number of alkyl halides is 3. The molecule has 1 heterocycles. The van der Waals surface area contributed by atoms with Gasteiger partial charge in [0.2, 0.25) is 10.0 Å². The maximum Gasteiger partial charge on any atom is 0.432 e. The van der Waals surface area contributed by atoms with Crippen LogP contribution < -0.4 is 10.0 Å². The minimum absolute atomic E-state index is 0.156. The molecule has 156 valence electrons. The maximum absolute atomic E-state index is 12.4. The Labute approximate surface area is 167 Å². The number of nitrogens with zero attached hydrogens (tertiary/aromatic N) is 2. The first kappa shape index (κ1) is 22.4. The summed E-state index contributed by atoms with van der Waals surface area (Å²) in [5, 5.41) is 10.5. The second-order valence-corrected chi connectivity index (χ2v) is 8.03. The van der Waals surface area contributed by atoms with Gasteiger partial charge in [-0.25, -0.2) is 13.6 Å². The van der Waals surface area contributed by atoms with Crippen molar-refractivity contribution in [1.29, 1.82) is 0 Å². The predicted octanol–water partition coefficient (Wildman–Crippen LogP) is 3.80. The van der Waals surface area contributed by atoms with Gasteiger partial charge in [-0.2, -0.15) is 18.3 Å². The molecule has 0 unspecified atom stereocenters. The molecule has 0 atom stereocenters. The van der Waals surface area contributed by atoms with Crippen LogP contribution in [0.2, 0.25) is 0 Å². The van der Waals surface area contributed by atoms with E-state index in [-0.39, 0.29) is 10.6 Å². The molecule has 0 amide bonds. The van der Waals surface area contributed by atoms with Crippen molar-refractivity contribution in [1.82, 2.24) is 10.2 Å². The van der Waals surface area contributed by atoms with Crippen molar-refractivity contribution >= 4 is 15.7 Å². The zero-order chi connectivity index (χ0) is 21.8. The van der Waals surface area contributed by atoms with E-state index >= 15 is 0 Å². The Balaban J connectivity index is 0.000000234. The Kier molecular flexibility index (Phi) is 6.70. The highest BCUT2D eigenvalue weighted by Gasteiger charge is 2.33. The molecule has 0 aliphatic carbocycles. The summed E-state index contributed by atoms with van der Waals surface area (Å²) in [4.78, 5) is 2.07. The number of rotatable bonds is 3. The fourth-order valence-electron chi connectivity index (χ4n) is 2.27. The largest absolute Gasteiger partial charge is 0.432 e. The number of aryl methyl sites for hydroxylation is 1. The van der Waals surface area contributed by atoms with Crippen molar-refractivity contribution in [2.75, 3.05) is 19.0 Å². The highest BCUT2D eigenvalue weighted by Crippen LogP contribution is 2.30. The number of hydrogen-bond acceptors (Lipinski definition) is 4. The summed E-state index contributed by atoms with van der Waals surface area (Å²) >= 11 is 0. The number of sulfonamides is 1. The van der Waals surface area contributed by atoms with Crippen LogP contribution in [0.1, 0.15) is 11.3 Å². The summed E-state index contributed by atoms with van der Waals surface area (Å²) in [5.74, 6) is 0. The summed E-state index contributed by atoms with van der Waals surface area (Å²) in [7, 11) is 0.269. The Morgan fingerprint density at radius 3 is 1.97 bits per heavy atom. The molecule has 3 aromatic rings. The highest BCUT2D eigenvalue weighted by molar-refractivity contribution is 7.89. The molecular weight excluding hydrogens is 405 g/mol. The van der Waals surface area contributed by atoms with Crippen LogP contribution in [0.4, 0.5) is 18.9 Å². The van der Waals surface area contributed by atoms with Gasteiger partial charge in [0, 0.05) is 25.3 Å². The topological polar surface area (TPSA) is 92.1 Å². The number of hydrogen-bond donors (Lipinski definition) is 2. The van der Waals surface area contributed by atoms with Crippen LogP contribution in [-0.2, 0) is 16.2 Å². The number of benzene rings is 2. The SMILES string of the molecule is CN(C)c1ccc(-c2cc(C(F)(F)F)[nH]n2)cc1.Cc1ccc(S(N)(=O)=O)cc1. The average Bonchev–Trinajstić information content (AvgIpc) is 3.12. The van der Waals surface area contributed by atoms with Gasteiger partial charge < -0.3 is 4.90 Å². The molecule has 10 heteroatoms. The molecule has 29 heavy (non-hydrogen) atoms. The lowest BCUT2D eigenvalue weighted by Gasteiger charge is -2.12. The first-order valence-corrected chi connectivity index (χ1v) is 9.92. The Bertz CT molecular complexity index is 1040. The molecular formula is C19H21F3N4O2S. The van der Waals surface area contributed by atoms with Crippen molar-refractivity contribution in [3.05, 3.63) is 65.9 Å². The van der Waals surface area contributed by atoms with Gasteiger partial charge in [-0.15, -0.1) is 0 Å². The molecule has 0 aliphatic rings. The van der Waals surface area contributed by atoms with E-state index in [1.807, 2.05) is 43.2 Å². The number of halogens is 3. The Morgan fingerprint density at radius 2 is 1.55 bits per heavy atom. The first-order valence-electron chi connectivity index (χ1n) is 8.38. The average molecular weight is 426 g/mol. The van der Waals surface area contributed by atoms with Gasteiger partial charge in [0.15, 0.2) is 0 Å². The third-order valence-electron chi connectivity index (χ3n) is 3.91. The minimum Gasteiger partial charge on any atom is -0.378 e. The summed E-state index contributed by atoms with van der Waals surface area (Å²) in [6, 6.07) is 14.5. The summed E-state index contributed by atoms with van der Waals surface area (Å²) in [6.45, 7) is 1.88. The van der Waals surface area contributed by atoms with Crippen molar-refractivity contribution in [3.63, 3.8) is 0 Å². The molecule has 6 nitrogen and oxygen atoms in total. The third-order valence-corrected chi connectivity index (χ3v) is 4.84. The fourth-order valence-corrected chi connectivity index (χ4v) is 2.79. The summed E-state index contributed by atoms with van der Waals surface area (Å²) < 4.78 is 58.7. The van der Waals surface area contributed by atoms with E-state index in [1.54, 1.807) is 24.3 Å². The highest BCUT2D eigenvalue weighted by atomic mass is 32.2. The van der Waals surface area contributed by atoms with E-state index in [0.717, 1.165) is 17.3 Å². The van der Waals surface area contributed by atoms with E-state index in [9.17, 15) is 21.6 Å². The number of aromatic amines is 1. The van der Waals surface area contributed by atoms with Crippen LogP contribution in [0.25, 0.3) is 11.3 Å². The summed E-state index contributed by atoms with van der Waals surface area (Å²) in [6.07, 6.45) is -4.39. The smallest absolute Gasteiger partial charge is 0.378 e. The van der Waals surface area contributed by atoms with Crippen LogP contribution in [0.15, 0.2) is 59.5 Å². The second kappa shape index (κ2) is 8.66. The van der Waals surface area contributed by atoms with Crippen LogP contribution in [-0.4, -0.2) is 32.7 Å². The normalized spacial score (nSPS) is 11.6. The monoisotopic (exact) mass is 426 g/mol. The molecule has 0 bridgehead atoms. The van der Waals surface area contributed by atoms with E-state index in [4.69, 9.17) is 5.14 Å². The molecule has 3 N–H and O–H groups in total. The lowest BCUT2D eigenvalue weighted by Crippen LogP contribution is -2.11. The first-order chi connectivity index (χ1) is 13.4. The van der Waals surface area contributed by atoms with E-state index in [2.05, 4.69) is 5.10 Å². The quantitative estimate of drug-likeness (QED) is 0.666. The molecule has 1 aromatic heterocycles. The van der Waals surface area contributed by atoms with Crippen LogP contribution >= 0.6 is 0 Å². The van der Waals surface area contributed by atoms with Crippen LogP contribution in [0.5, 0.6) is 0 Å². The second-order valence-electron chi connectivity index (χ2n) is 6.46. The van der Waals surface area contributed by atoms with Gasteiger partial charge in [-0.1, -0.05) is 29.8 Å². The van der Waals surface area contributed by atoms with Crippen LogP contribution in [0, 0.1) is 6.92 Å².